The van der Waals surface area contributed by atoms with Crippen molar-refractivity contribution in [3.63, 3.8) is 0 Å². The molecule has 0 spiro atoms. The van der Waals surface area contributed by atoms with Crippen LogP contribution in [-0.2, 0) is 14.8 Å². The van der Waals surface area contributed by atoms with Gasteiger partial charge >= 0.3 is 5.97 Å². The average Bonchev–Trinajstić information content (AvgIpc) is 3.17. The Morgan fingerprint density at radius 2 is 1.93 bits per heavy atom. The maximum atomic E-state index is 12.7. The third-order valence-electron chi connectivity index (χ3n) is 5.10. The largest absolute Gasteiger partial charge is 0.488 e. The second-order valence-electron chi connectivity index (χ2n) is 6.66. The summed E-state index contributed by atoms with van der Waals surface area (Å²) in [6, 6.07) is 12.3. The maximum Gasteiger partial charge on any atom is 0.341 e. The molecule has 4 atom stereocenters. The first-order valence-corrected chi connectivity index (χ1v) is 10.0. The molecule has 1 aliphatic heterocycles. The summed E-state index contributed by atoms with van der Waals surface area (Å²) < 4.78 is 38.8. The lowest BCUT2D eigenvalue weighted by atomic mass is 9.93. The standard InChI is InChI=1S/C19H19NO6S/c1-25-19(22)13-9-5-8-12-16-15(26-18(12)13)10-14(21)17(16)20-27(23,24)11-6-3-2-4-7-11/h2-9,14-17,20-21H,10H2,1H3/t14-,15+,16+,17+/m0/s1. The molecule has 0 aromatic heterocycles. The van der Waals surface area contributed by atoms with Gasteiger partial charge < -0.3 is 14.6 Å². The molecule has 0 amide bonds. The first kappa shape index (κ1) is 18.0. The van der Waals surface area contributed by atoms with Crippen LogP contribution in [0, 0.1) is 0 Å². The van der Waals surface area contributed by atoms with Gasteiger partial charge in [-0.15, -0.1) is 0 Å². The van der Waals surface area contributed by atoms with Crippen LogP contribution in [0.15, 0.2) is 53.4 Å². The van der Waals surface area contributed by atoms with Gasteiger partial charge in [-0.25, -0.2) is 17.9 Å². The normalized spacial score (nSPS) is 26.1. The quantitative estimate of drug-likeness (QED) is 0.767. The number of para-hydroxylation sites is 1. The van der Waals surface area contributed by atoms with Crippen molar-refractivity contribution in [3.8, 4) is 5.75 Å². The SMILES string of the molecule is COC(=O)c1cccc2c1O[C@@H]1C[C@H](O)[C@@H](NS(=O)(=O)c3ccccc3)[C@H]21. The van der Waals surface area contributed by atoms with Gasteiger partial charge in [-0.1, -0.05) is 30.3 Å². The molecule has 142 valence electrons. The van der Waals surface area contributed by atoms with E-state index in [-0.39, 0.29) is 11.3 Å². The molecule has 2 aromatic carbocycles. The molecule has 1 saturated carbocycles. The minimum Gasteiger partial charge on any atom is -0.488 e. The molecule has 0 unspecified atom stereocenters. The molecule has 4 rings (SSSR count). The first-order valence-electron chi connectivity index (χ1n) is 8.55. The smallest absolute Gasteiger partial charge is 0.341 e. The Hall–Kier alpha value is -2.42. The van der Waals surface area contributed by atoms with E-state index in [9.17, 15) is 18.3 Å². The predicted molar refractivity (Wildman–Crippen MR) is 96.1 cm³/mol. The highest BCUT2D eigenvalue weighted by molar-refractivity contribution is 7.89. The van der Waals surface area contributed by atoms with E-state index >= 15 is 0 Å². The lowest BCUT2D eigenvalue weighted by molar-refractivity contribution is 0.0594. The number of aliphatic hydroxyl groups is 1. The zero-order valence-corrected chi connectivity index (χ0v) is 15.3. The molecule has 7 nitrogen and oxygen atoms in total. The van der Waals surface area contributed by atoms with Gasteiger partial charge in [-0.3, -0.25) is 0 Å². The summed E-state index contributed by atoms with van der Waals surface area (Å²) in [6.07, 6.45) is -1.04. The van der Waals surface area contributed by atoms with Crippen LogP contribution in [-0.4, -0.2) is 44.9 Å². The van der Waals surface area contributed by atoms with E-state index in [1.165, 1.54) is 19.2 Å². The molecule has 2 aromatic rings. The lowest BCUT2D eigenvalue weighted by Gasteiger charge is -2.22. The van der Waals surface area contributed by atoms with E-state index in [1.54, 1.807) is 36.4 Å². The van der Waals surface area contributed by atoms with E-state index in [4.69, 9.17) is 9.47 Å². The average molecular weight is 389 g/mol. The highest BCUT2D eigenvalue weighted by atomic mass is 32.2. The monoisotopic (exact) mass is 389 g/mol. The zero-order chi connectivity index (χ0) is 19.2. The number of hydrogen-bond donors (Lipinski definition) is 2. The summed E-state index contributed by atoms with van der Waals surface area (Å²) in [5, 5.41) is 10.5. The summed E-state index contributed by atoms with van der Waals surface area (Å²) in [4.78, 5) is 12.1. The van der Waals surface area contributed by atoms with Crippen LogP contribution >= 0.6 is 0 Å². The van der Waals surface area contributed by atoms with Crippen LogP contribution in [0.4, 0.5) is 0 Å². The van der Waals surface area contributed by atoms with Crippen LogP contribution < -0.4 is 9.46 Å². The molecule has 1 heterocycles. The molecule has 27 heavy (non-hydrogen) atoms. The van der Waals surface area contributed by atoms with Crippen LogP contribution in [0.3, 0.4) is 0 Å². The van der Waals surface area contributed by atoms with E-state index in [1.807, 2.05) is 0 Å². The highest BCUT2D eigenvalue weighted by Crippen LogP contribution is 2.49. The molecule has 8 heteroatoms. The van der Waals surface area contributed by atoms with Gasteiger partial charge in [-0.2, -0.15) is 0 Å². The number of fused-ring (bicyclic) bond motifs is 3. The molecule has 0 saturated heterocycles. The summed E-state index contributed by atoms with van der Waals surface area (Å²) >= 11 is 0. The van der Waals surface area contributed by atoms with E-state index < -0.39 is 40.2 Å². The van der Waals surface area contributed by atoms with Crippen molar-refractivity contribution in [2.75, 3.05) is 7.11 Å². The number of carbonyl (C=O) groups is 1. The number of sulfonamides is 1. The Labute approximate surface area is 157 Å². The van der Waals surface area contributed by atoms with Crippen LogP contribution in [0.2, 0.25) is 0 Å². The summed E-state index contributed by atoms with van der Waals surface area (Å²) in [7, 11) is -2.52. The van der Waals surface area contributed by atoms with Crippen molar-refractivity contribution in [3.05, 3.63) is 59.7 Å². The van der Waals surface area contributed by atoms with Gasteiger partial charge in [0.15, 0.2) is 0 Å². The summed E-state index contributed by atoms with van der Waals surface area (Å²) in [5.74, 6) is -0.512. The maximum absolute atomic E-state index is 12.7. The molecule has 0 radical (unpaired) electrons. The molecule has 1 fully saturated rings. The molecule has 2 aliphatic rings. The van der Waals surface area contributed by atoms with Crippen molar-refractivity contribution < 1.29 is 27.8 Å². The number of benzene rings is 2. The fourth-order valence-electron chi connectivity index (χ4n) is 3.89. The topological polar surface area (TPSA) is 102 Å². The Balaban J connectivity index is 1.69. The number of aliphatic hydroxyl groups excluding tert-OH is 1. The Kier molecular flexibility index (Phi) is 4.41. The van der Waals surface area contributed by atoms with Gasteiger partial charge in [0.2, 0.25) is 10.0 Å². The third kappa shape index (κ3) is 2.99. The fourth-order valence-corrected chi connectivity index (χ4v) is 5.20. The lowest BCUT2D eigenvalue weighted by Crippen LogP contribution is -2.43. The summed E-state index contributed by atoms with van der Waals surface area (Å²) in [5.41, 5.74) is 0.990. The number of carbonyl (C=O) groups excluding carboxylic acids is 1. The number of rotatable bonds is 4. The number of hydrogen-bond acceptors (Lipinski definition) is 6. The Morgan fingerprint density at radius 1 is 1.19 bits per heavy atom. The minimum absolute atomic E-state index is 0.128. The van der Waals surface area contributed by atoms with E-state index in [2.05, 4.69) is 4.72 Å². The fraction of sp³-hybridized carbons (Fsp3) is 0.316. The zero-order valence-electron chi connectivity index (χ0n) is 14.5. The van der Waals surface area contributed by atoms with E-state index in [0.717, 1.165) is 0 Å². The van der Waals surface area contributed by atoms with Gasteiger partial charge in [-0.05, 0) is 18.2 Å². The van der Waals surface area contributed by atoms with Crippen molar-refractivity contribution in [2.45, 2.75) is 35.5 Å². The molecule has 2 N–H and O–H groups in total. The summed E-state index contributed by atoms with van der Waals surface area (Å²) in [6.45, 7) is 0. The van der Waals surface area contributed by atoms with Gasteiger partial charge in [0, 0.05) is 17.9 Å². The first-order chi connectivity index (χ1) is 12.9. The Bertz CT molecular complexity index is 975. The van der Waals surface area contributed by atoms with Crippen LogP contribution in [0.25, 0.3) is 0 Å². The Morgan fingerprint density at radius 3 is 2.63 bits per heavy atom. The molecular weight excluding hydrogens is 370 g/mol. The van der Waals surface area contributed by atoms with Gasteiger partial charge in [0.25, 0.3) is 0 Å². The van der Waals surface area contributed by atoms with Crippen molar-refractivity contribution >= 4 is 16.0 Å². The van der Waals surface area contributed by atoms with Crippen LogP contribution in [0.5, 0.6) is 5.75 Å². The van der Waals surface area contributed by atoms with E-state index in [0.29, 0.717) is 16.9 Å². The second-order valence-corrected chi connectivity index (χ2v) is 8.37. The van der Waals surface area contributed by atoms with Gasteiger partial charge in [0.05, 0.1) is 24.2 Å². The minimum atomic E-state index is -3.81. The number of nitrogens with one attached hydrogen (secondary N) is 1. The molecule has 0 bridgehead atoms. The highest BCUT2D eigenvalue weighted by Gasteiger charge is 2.51. The molecule has 1 aliphatic carbocycles. The number of ether oxygens (including phenoxy) is 2. The van der Waals surface area contributed by atoms with Crippen molar-refractivity contribution in [1.29, 1.82) is 0 Å². The number of methoxy groups -OCH3 is 1. The van der Waals surface area contributed by atoms with Crippen LogP contribution in [0.1, 0.15) is 28.3 Å². The third-order valence-corrected chi connectivity index (χ3v) is 6.57. The predicted octanol–water partition coefficient (Wildman–Crippen LogP) is 1.43. The van der Waals surface area contributed by atoms with Gasteiger partial charge in [0.1, 0.15) is 17.4 Å². The van der Waals surface area contributed by atoms with Crippen molar-refractivity contribution in [1.82, 2.24) is 4.72 Å². The second kappa shape index (κ2) is 6.63. The molecular formula is C19H19NO6S. The number of esters is 1. The van der Waals surface area contributed by atoms with Crippen molar-refractivity contribution in [2.24, 2.45) is 0 Å².